The molecule has 1 N–H and O–H groups in total. The van der Waals surface area contributed by atoms with Gasteiger partial charge in [-0.3, -0.25) is 4.79 Å². The molecule has 7 nitrogen and oxygen atoms in total. The van der Waals surface area contributed by atoms with Gasteiger partial charge >= 0.3 is 6.18 Å². The number of benzene rings is 3. The Bertz CT molecular complexity index is 1430. The molecule has 0 unspecified atom stereocenters. The zero-order valence-corrected chi connectivity index (χ0v) is 23.3. The Kier molecular flexibility index (Phi) is 9.17. The van der Waals surface area contributed by atoms with E-state index in [1.165, 1.54) is 27.4 Å². The molecular formula is C29H33F3N4O3S. The van der Waals surface area contributed by atoms with E-state index in [2.05, 4.69) is 5.32 Å². The zero-order valence-electron chi connectivity index (χ0n) is 22.5. The summed E-state index contributed by atoms with van der Waals surface area (Å²) in [6.45, 7) is 0.878. The number of likely N-dealkylation sites (N-methyl/N-ethyl adjacent to an activating group) is 1. The molecule has 0 atom stereocenters. The number of halogens is 3. The number of sulfonamides is 1. The Labute approximate surface area is 233 Å². The lowest BCUT2D eigenvalue weighted by Crippen LogP contribution is -2.40. The van der Waals surface area contributed by atoms with Crippen molar-refractivity contribution in [2.45, 2.75) is 30.6 Å². The van der Waals surface area contributed by atoms with Gasteiger partial charge in [0.15, 0.2) is 0 Å². The Morgan fingerprint density at radius 3 is 2.35 bits per heavy atom. The molecule has 1 aliphatic rings. The maximum absolute atomic E-state index is 13.6. The van der Waals surface area contributed by atoms with Crippen molar-refractivity contribution in [3.63, 3.8) is 0 Å². The van der Waals surface area contributed by atoms with Crippen LogP contribution in [0.3, 0.4) is 0 Å². The van der Waals surface area contributed by atoms with Gasteiger partial charge < -0.3 is 15.1 Å². The molecule has 0 radical (unpaired) electrons. The van der Waals surface area contributed by atoms with E-state index < -0.39 is 21.8 Å². The van der Waals surface area contributed by atoms with E-state index in [4.69, 9.17) is 0 Å². The number of alkyl halides is 3. The molecule has 0 saturated carbocycles. The average Bonchev–Trinajstić information content (AvgIpc) is 2.93. The van der Waals surface area contributed by atoms with Crippen molar-refractivity contribution in [3.8, 4) is 0 Å². The lowest BCUT2D eigenvalue weighted by molar-refractivity contribution is -0.139. The number of hydrogen-bond acceptors (Lipinski definition) is 5. The van der Waals surface area contributed by atoms with Gasteiger partial charge in [-0.15, -0.1) is 0 Å². The molecule has 4 rings (SSSR count). The Morgan fingerprint density at radius 1 is 0.950 bits per heavy atom. The maximum Gasteiger partial charge on any atom is 0.416 e. The number of nitrogens with zero attached hydrogens (tertiary/aromatic N) is 3. The van der Waals surface area contributed by atoms with Crippen LogP contribution in [0, 0.1) is 0 Å². The summed E-state index contributed by atoms with van der Waals surface area (Å²) < 4.78 is 68.7. The number of carbonyl (C=O) groups excluding carboxylic acids is 1. The van der Waals surface area contributed by atoms with Crippen LogP contribution in [0.2, 0.25) is 0 Å². The molecule has 0 saturated heterocycles. The minimum absolute atomic E-state index is 0.0287. The summed E-state index contributed by atoms with van der Waals surface area (Å²) in [7, 11) is -0.0398. The van der Waals surface area contributed by atoms with Crippen LogP contribution < -0.4 is 5.32 Å². The van der Waals surface area contributed by atoms with Crippen molar-refractivity contribution in [1.29, 1.82) is 0 Å². The molecular weight excluding hydrogens is 541 g/mol. The van der Waals surface area contributed by atoms with Crippen LogP contribution in [0.1, 0.15) is 22.3 Å². The van der Waals surface area contributed by atoms with E-state index in [-0.39, 0.29) is 42.5 Å². The van der Waals surface area contributed by atoms with E-state index in [1.807, 2.05) is 31.1 Å². The average molecular weight is 575 g/mol. The number of nitrogens with one attached hydrogen (secondary N) is 1. The summed E-state index contributed by atoms with van der Waals surface area (Å²) >= 11 is 0. The number of carbonyl (C=O) groups is 1. The predicted octanol–water partition coefficient (Wildman–Crippen LogP) is 4.45. The van der Waals surface area contributed by atoms with Gasteiger partial charge in [0.2, 0.25) is 15.9 Å². The van der Waals surface area contributed by atoms with Crippen molar-refractivity contribution < 1.29 is 26.4 Å². The summed E-state index contributed by atoms with van der Waals surface area (Å²) in [4.78, 5) is 16.8. The molecule has 0 fully saturated rings. The second kappa shape index (κ2) is 12.4. The van der Waals surface area contributed by atoms with E-state index in [0.717, 1.165) is 17.2 Å². The Balaban J connectivity index is 1.51. The predicted molar refractivity (Wildman–Crippen MR) is 148 cm³/mol. The number of anilines is 1. The number of rotatable bonds is 10. The van der Waals surface area contributed by atoms with Crippen molar-refractivity contribution in [1.82, 2.24) is 14.1 Å². The highest BCUT2D eigenvalue weighted by Crippen LogP contribution is 2.33. The van der Waals surface area contributed by atoms with Gasteiger partial charge in [0, 0.05) is 38.4 Å². The molecule has 214 valence electrons. The fraction of sp³-hybridized carbons (Fsp3) is 0.345. The van der Waals surface area contributed by atoms with Crippen LogP contribution in [0.5, 0.6) is 0 Å². The van der Waals surface area contributed by atoms with E-state index in [0.29, 0.717) is 25.2 Å². The molecule has 3 aromatic rings. The first-order valence-corrected chi connectivity index (χ1v) is 14.4. The van der Waals surface area contributed by atoms with Gasteiger partial charge in [-0.1, -0.05) is 48.5 Å². The SMILES string of the molecule is CN(C)CCN(Cc1ccccc1C(F)(F)F)C(=O)CNc1cccc2c1CN(S(=O)(=O)c1ccccc1)CC2. The van der Waals surface area contributed by atoms with Crippen molar-refractivity contribution in [3.05, 3.63) is 95.1 Å². The maximum atomic E-state index is 13.6. The van der Waals surface area contributed by atoms with Gasteiger partial charge in [-0.25, -0.2) is 8.42 Å². The van der Waals surface area contributed by atoms with E-state index in [9.17, 15) is 26.4 Å². The topological polar surface area (TPSA) is 73.0 Å². The van der Waals surface area contributed by atoms with Crippen LogP contribution in [-0.4, -0.2) is 68.7 Å². The monoisotopic (exact) mass is 574 g/mol. The summed E-state index contributed by atoms with van der Waals surface area (Å²) in [6.07, 6.45) is -4.01. The van der Waals surface area contributed by atoms with E-state index in [1.54, 1.807) is 36.4 Å². The minimum atomic E-state index is -4.53. The largest absolute Gasteiger partial charge is 0.416 e. The summed E-state index contributed by atoms with van der Waals surface area (Å²) in [5.74, 6) is -0.360. The highest BCUT2D eigenvalue weighted by Gasteiger charge is 2.34. The molecule has 0 aliphatic carbocycles. The van der Waals surface area contributed by atoms with Crippen LogP contribution in [-0.2, 0) is 40.5 Å². The molecule has 0 spiro atoms. The molecule has 40 heavy (non-hydrogen) atoms. The second-order valence-electron chi connectivity index (χ2n) is 9.97. The van der Waals surface area contributed by atoms with Crippen LogP contribution >= 0.6 is 0 Å². The van der Waals surface area contributed by atoms with Gasteiger partial charge in [0.1, 0.15) is 0 Å². The standard InChI is InChI=1S/C29H33F3N4O3S/c1-34(2)17-18-35(20-23-9-6-7-13-26(23)29(30,31)32)28(37)19-33-27-14-8-10-22-15-16-36(21-25(22)27)40(38,39)24-11-4-3-5-12-24/h3-14,33H,15-21H2,1-2H3. The van der Waals surface area contributed by atoms with Crippen LogP contribution in [0.15, 0.2) is 77.7 Å². The quantitative estimate of drug-likeness (QED) is 0.387. The number of hydrogen-bond donors (Lipinski definition) is 1. The normalized spacial score (nSPS) is 14.2. The van der Waals surface area contributed by atoms with Gasteiger partial charge in [-0.05, 0) is 61.5 Å². The Morgan fingerprint density at radius 2 is 1.65 bits per heavy atom. The van der Waals surface area contributed by atoms with Gasteiger partial charge in [0.25, 0.3) is 0 Å². The molecule has 1 amide bonds. The summed E-state index contributed by atoms with van der Waals surface area (Å²) in [5.41, 5.74) is 1.66. The van der Waals surface area contributed by atoms with Gasteiger partial charge in [0.05, 0.1) is 17.0 Å². The molecule has 3 aromatic carbocycles. The van der Waals surface area contributed by atoms with Crippen LogP contribution in [0.25, 0.3) is 0 Å². The van der Waals surface area contributed by atoms with Gasteiger partial charge in [-0.2, -0.15) is 17.5 Å². The third-order valence-corrected chi connectivity index (χ3v) is 8.76. The minimum Gasteiger partial charge on any atom is -0.376 e. The molecule has 11 heteroatoms. The van der Waals surface area contributed by atoms with Crippen LogP contribution in [0.4, 0.5) is 18.9 Å². The zero-order chi connectivity index (χ0) is 28.9. The van der Waals surface area contributed by atoms with E-state index >= 15 is 0 Å². The summed E-state index contributed by atoms with van der Waals surface area (Å²) in [5, 5.41) is 3.13. The number of amides is 1. The Hall–Kier alpha value is -3.41. The van der Waals surface area contributed by atoms with Crippen molar-refractivity contribution in [2.24, 2.45) is 0 Å². The first kappa shape index (κ1) is 29.6. The third kappa shape index (κ3) is 7.01. The van der Waals surface area contributed by atoms with Crippen molar-refractivity contribution >= 4 is 21.6 Å². The lowest BCUT2D eigenvalue weighted by atomic mass is 9.99. The molecule has 0 bridgehead atoms. The first-order valence-electron chi connectivity index (χ1n) is 12.9. The third-order valence-electron chi connectivity index (χ3n) is 6.90. The highest BCUT2D eigenvalue weighted by molar-refractivity contribution is 7.89. The molecule has 1 heterocycles. The smallest absolute Gasteiger partial charge is 0.376 e. The highest BCUT2D eigenvalue weighted by atomic mass is 32.2. The summed E-state index contributed by atoms with van der Waals surface area (Å²) in [6, 6.07) is 19.1. The fourth-order valence-electron chi connectivity index (χ4n) is 4.70. The molecule has 1 aliphatic heterocycles. The number of fused-ring (bicyclic) bond motifs is 1. The molecule has 0 aromatic heterocycles. The second-order valence-corrected chi connectivity index (χ2v) is 11.9. The first-order chi connectivity index (χ1) is 19.0. The van der Waals surface area contributed by atoms with Crippen molar-refractivity contribution in [2.75, 3.05) is 45.6 Å². The lowest BCUT2D eigenvalue weighted by Gasteiger charge is -2.30. The fourth-order valence-corrected chi connectivity index (χ4v) is 6.13.